The van der Waals surface area contributed by atoms with Gasteiger partial charge in [0.2, 0.25) is 0 Å². The minimum Gasteiger partial charge on any atom is -0.384 e. The second-order valence-electron chi connectivity index (χ2n) is 3.88. The Bertz CT molecular complexity index is 299. The lowest BCUT2D eigenvalue weighted by Crippen LogP contribution is -2.24. The van der Waals surface area contributed by atoms with Gasteiger partial charge in [0, 0.05) is 5.75 Å². The van der Waals surface area contributed by atoms with Gasteiger partial charge in [-0.15, -0.1) is 0 Å². The van der Waals surface area contributed by atoms with E-state index in [1.807, 2.05) is 11.8 Å². The molecule has 1 heterocycles. The average molecular weight is 208 g/mol. The number of hydrogen-bond donors (Lipinski definition) is 1. The van der Waals surface area contributed by atoms with Gasteiger partial charge >= 0.3 is 0 Å². The Hall–Kier alpha value is -0.470. The van der Waals surface area contributed by atoms with Crippen LogP contribution in [0.5, 0.6) is 0 Å². The fourth-order valence-corrected chi connectivity index (χ4v) is 3.11. The molecule has 0 aromatic heterocycles. The van der Waals surface area contributed by atoms with E-state index in [1.54, 1.807) is 0 Å². The molecule has 0 saturated carbocycles. The fraction of sp³-hybridized carbons (Fsp3) is 0.500. The molecule has 1 fully saturated rings. The highest BCUT2D eigenvalue weighted by Crippen LogP contribution is 2.36. The van der Waals surface area contributed by atoms with Crippen LogP contribution in [-0.2, 0) is 12.0 Å². The van der Waals surface area contributed by atoms with Gasteiger partial charge in [-0.2, -0.15) is 11.8 Å². The Balaban J connectivity index is 2.23. The molecule has 2 rings (SSSR count). The number of thioether (sulfide) groups is 1. The first kappa shape index (κ1) is 10.1. The molecule has 1 atom stereocenters. The minimum atomic E-state index is -0.559. The molecule has 1 aliphatic rings. The monoisotopic (exact) mass is 208 g/mol. The van der Waals surface area contributed by atoms with Gasteiger partial charge in [-0.3, -0.25) is 0 Å². The van der Waals surface area contributed by atoms with Crippen molar-refractivity contribution in [2.45, 2.75) is 25.4 Å². The summed E-state index contributed by atoms with van der Waals surface area (Å²) < 4.78 is 0. The molecule has 0 unspecified atom stereocenters. The largest absolute Gasteiger partial charge is 0.384 e. The molecule has 1 aromatic rings. The third-order valence-electron chi connectivity index (χ3n) is 2.90. The molecule has 1 saturated heterocycles. The van der Waals surface area contributed by atoms with Crippen LogP contribution in [0.4, 0.5) is 0 Å². The number of hydrogen-bond acceptors (Lipinski definition) is 2. The second-order valence-corrected chi connectivity index (χ2v) is 4.99. The van der Waals surface area contributed by atoms with E-state index in [0.717, 1.165) is 29.9 Å². The third kappa shape index (κ3) is 1.82. The van der Waals surface area contributed by atoms with Crippen LogP contribution in [0.1, 0.15) is 24.5 Å². The van der Waals surface area contributed by atoms with E-state index in [2.05, 4.69) is 31.2 Å². The summed E-state index contributed by atoms with van der Waals surface area (Å²) in [5.41, 5.74) is 1.86. The molecule has 2 heteroatoms. The molecule has 0 aliphatic carbocycles. The summed E-state index contributed by atoms with van der Waals surface area (Å²) in [6, 6.07) is 8.39. The van der Waals surface area contributed by atoms with E-state index < -0.39 is 5.60 Å². The van der Waals surface area contributed by atoms with E-state index in [9.17, 15) is 5.11 Å². The normalized spacial score (nSPS) is 26.7. The Morgan fingerprint density at radius 1 is 1.36 bits per heavy atom. The van der Waals surface area contributed by atoms with Crippen LogP contribution in [0.25, 0.3) is 0 Å². The molecule has 0 amide bonds. The van der Waals surface area contributed by atoms with Crippen LogP contribution in [-0.4, -0.2) is 16.6 Å². The molecule has 76 valence electrons. The lowest BCUT2D eigenvalue weighted by Gasteiger charge is -2.21. The van der Waals surface area contributed by atoms with Crippen LogP contribution in [0.3, 0.4) is 0 Å². The molecule has 14 heavy (non-hydrogen) atoms. The fourth-order valence-electron chi connectivity index (χ4n) is 1.83. The average Bonchev–Trinajstić information content (AvgIpc) is 2.67. The summed E-state index contributed by atoms with van der Waals surface area (Å²) in [5.74, 6) is 1.92. The van der Waals surface area contributed by atoms with Crippen molar-refractivity contribution in [2.24, 2.45) is 0 Å². The van der Waals surface area contributed by atoms with E-state index in [4.69, 9.17) is 0 Å². The van der Waals surface area contributed by atoms with Crippen molar-refractivity contribution in [1.29, 1.82) is 0 Å². The van der Waals surface area contributed by atoms with Crippen molar-refractivity contribution in [3.63, 3.8) is 0 Å². The molecule has 1 nitrogen and oxygen atoms in total. The molecule has 1 aliphatic heterocycles. The van der Waals surface area contributed by atoms with E-state index in [1.165, 1.54) is 5.56 Å². The van der Waals surface area contributed by atoms with Gasteiger partial charge < -0.3 is 5.11 Å². The molecular formula is C12H16OS. The van der Waals surface area contributed by atoms with Gasteiger partial charge in [-0.05, 0) is 29.7 Å². The van der Waals surface area contributed by atoms with Crippen molar-refractivity contribution < 1.29 is 5.11 Å². The van der Waals surface area contributed by atoms with E-state index in [-0.39, 0.29) is 0 Å². The van der Waals surface area contributed by atoms with Crippen LogP contribution in [0, 0.1) is 0 Å². The van der Waals surface area contributed by atoms with Crippen molar-refractivity contribution in [2.75, 3.05) is 11.5 Å². The maximum atomic E-state index is 10.3. The molecule has 0 radical (unpaired) electrons. The van der Waals surface area contributed by atoms with Crippen molar-refractivity contribution in [3.05, 3.63) is 35.4 Å². The SMILES string of the molecule is CCc1ccc([C@]2(O)CCSC2)cc1. The van der Waals surface area contributed by atoms with Gasteiger partial charge in [-0.25, -0.2) is 0 Å². The highest BCUT2D eigenvalue weighted by molar-refractivity contribution is 7.99. The summed E-state index contributed by atoms with van der Waals surface area (Å²) in [5, 5.41) is 10.3. The number of rotatable bonds is 2. The third-order valence-corrected chi connectivity index (χ3v) is 4.07. The minimum absolute atomic E-state index is 0.559. The van der Waals surface area contributed by atoms with Gasteiger partial charge in [0.05, 0.1) is 5.60 Å². The van der Waals surface area contributed by atoms with Crippen LogP contribution in [0.2, 0.25) is 0 Å². The standard InChI is InChI=1S/C12H16OS/c1-2-10-3-5-11(6-4-10)12(13)7-8-14-9-12/h3-6,13H,2,7-9H2,1H3/t12-/m0/s1. The summed E-state index contributed by atoms with van der Waals surface area (Å²) in [4.78, 5) is 0. The topological polar surface area (TPSA) is 20.2 Å². The van der Waals surface area contributed by atoms with Crippen LogP contribution in [0.15, 0.2) is 24.3 Å². The maximum absolute atomic E-state index is 10.3. The Morgan fingerprint density at radius 2 is 2.07 bits per heavy atom. The van der Waals surface area contributed by atoms with E-state index in [0.29, 0.717) is 0 Å². The number of aryl methyl sites for hydroxylation is 1. The highest BCUT2D eigenvalue weighted by Gasteiger charge is 2.33. The zero-order chi connectivity index (χ0) is 10.0. The van der Waals surface area contributed by atoms with E-state index >= 15 is 0 Å². The molecule has 1 aromatic carbocycles. The number of aliphatic hydroxyl groups is 1. The first-order chi connectivity index (χ1) is 6.74. The van der Waals surface area contributed by atoms with Crippen LogP contribution >= 0.6 is 11.8 Å². The van der Waals surface area contributed by atoms with Crippen molar-refractivity contribution in [1.82, 2.24) is 0 Å². The quantitative estimate of drug-likeness (QED) is 0.806. The summed E-state index contributed by atoms with van der Waals surface area (Å²) in [6.45, 7) is 2.15. The molecular weight excluding hydrogens is 192 g/mol. The summed E-state index contributed by atoms with van der Waals surface area (Å²) in [7, 11) is 0. The highest BCUT2D eigenvalue weighted by atomic mass is 32.2. The summed E-state index contributed by atoms with van der Waals surface area (Å²) >= 11 is 1.84. The first-order valence-corrected chi connectivity index (χ1v) is 6.29. The first-order valence-electron chi connectivity index (χ1n) is 5.14. The van der Waals surface area contributed by atoms with Gasteiger partial charge in [0.1, 0.15) is 0 Å². The smallest absolute Gasteiger partial charge is 0.0994 e. The molecule has 0 spiro atoms. The Labute approximate surface area is 89.5 Å². The van der Waals surface area contributed by atoms with Gasteiger partial charge in [0.25, 0.3) is 0 Å². The second kappa shape index (κ2) is 3.95. The number of benzene rings is 1. The molecule has 0 bridgehead atoms. The zero-order valence-corrected chi connectivity index (χ0v) is 9.31. The Kier molecular flexibility index (Phi) is 2.84. The van der Waals surface area contributed by atoms with Gasteiger partial charge in [0.15, 0.2) is 0 Å². The maximum Gasteiger partial charge on any atom is 0.0994 e. The predicted molar refractivity (Wildman–Crippen MR) is 61.7 cm³/mol. The van der Waals surface area contributed by atoms with Crippen molar-refractivity contribution >= 4 is 11.8 Å². The van der Waals surface area contributed by atoms with Crippen LogP contribution < -0.4 is 0 Å². The lowest BCUT2D eigenvalue weighted by molar-refractivity contribution is 0.0657. The zero-order valence-electron chi connectivity index (χ0n) is 8.49. The van der Waals surface area contributed by atoms with Gasteiger partial charge in [-0.1, -0.05) is 31.2 Å². The van der Waals surface area contributed by atoms with Crippen molar-refractivity contribution in [3.8, 4) is 0 Å². The Morgan fingerprint density at radius 3 is 2.57 bits per heavy atom. The predicted octanol–water partition coefficient (Wildman–Crippen LogP) is 2.57. The lowest BCUT2D eigenvalue weighted by atomic mass is 9.92. The molecule has 1 N–H and O–H groups in total. The summed E-state index contributed by atoms with van der Waals surface area (Å²) in [6.07, 6.45) is 1.95.